The molecule has 0 aliphatic rings. The molecule has 0 aliphatic carbocycles. The Morgan fingerprint density at radius 1 is 1.32 bits per heavy atom. The van der Waals surface area contributed by atoms with Crippen molar-refractivity contribution >= 4 is 17.6 Å². The minimum Gasteiger partial charge on any atom is -0.481 e. The lowest BCUT2D eigenvalue weighted by Gasteiger charge is -2.17. The fourth-order valence-corrected chi connectivity index (χ4v) is 1.65. The number of carboxylic acids is 1. The van der Waals surface area contributed by atoms with Crippen molar-refractivity contribution in [3.8, 4) is 0 Å². The Morgan fingerprint density at radius 2 is 2.00 bits per heavy atom. The summed E-state index contributed by atoms with van der Waals surface area (Å²) in [5.41, 5.74) is 1.74. The summed E-state index contributed by atoms with van der Waals surface area (Å²) in [6.45, 7) is 5.49. The van der Waals surface area contributed by atoms with Gasteiger partial charge < -0.3 is 15.7 Å². The zero-order chi connectivity index (χ0) is 14.4. The van der Waals surface area contributed by atoms with Gasteiger partial charge in [0.1, 0.15) is 0 Å². The van der Waals surface area contributed by atoms with Gasteiger partial charge in [0.2, 0.25) is 5.91 Å². The minimum atomic E-state index is -0.813. The monoisotopic (exact) mass is 264 g/mol. The van der Waals surface area contributed by atoms with Crippen LogP contribution in [0.15, 0.2) is 24.3 Å². The summed E-state index contributed by atoms with van der Waals surface area (Å²) in [6.07, 6.45) is 0. The molecule has 19 heavy (non-hydrogen) atoms. The van der Waals surface area contributed by atoms with Gasteiger partial charge in [-0.05, 0) is 24.6 Å². The molecule has 0 bridgehead atoms. The Labute approximate surface area is 113 Å². The molecular formula is C14H20N2O3. The van der Waals surface area contributed by atoms with Crippen molar-refractivity contribution in [2.75, 3.05) is 11.9 Å². The van der Waals surface area contributed by atoms with Crippen LogP contribution in [0.5, 0.6) is 0 Å². The molecule has 1 rings (SSSR count). The zero-order valence-electron chi connectivity index (χ0n) is 11.4. The lowest BCUT2D eigenvalue weighted by Crippen LogP contribution is -2.28. The predicted octanol–water partition coefficient (Wildman–Crippen LogP) is 2.02. The maximum atomic E-state index is 11.0. The van der Waals surface area contributed by atoms with E-state index in [9.17, 15) is 9.59 Å². The molecule has 104 valence electrons. The Morgan fingerprint density at radius 3 is 2.58 bits per heavy atom. The number of carboxylic acid groups (broad SMARTS) is 1. The molecule has 2 unspecified atom stereocenters. The summed E-state index contributed by atoms with van der Waals surface area (Å²) in [5.74, 6) is -1.36. The molecule has 0 radical (unpaired) electrons. The second kappa shape index (κ2) is 6.89. The van der Waals surface area contributed by atoms with Gasteiger partial charge in [0.25, 0.3) is 0 Å². The molecule has 1 amide bonds. The third-order valence-corrected chi connectivity index (χ3v) is 2.86. The van der Waals surface area contributed by atoms with Crippen molar-refractivity contribution in [3.63, 3.8) is 0 Å². The van der Waals surface area contributed by atoms with Crippen LogP contribution in [0.25, 0.3) is 0 Å². The molecule has 0 saturated carbocycles. The van der Waals surface area contributed by atoms with Crippen LogP contribution in [0.3, 0.4) is 0 Å². The van der Waals surface area contributed by atoms with E-state index in [1.54, 1.807) is 6.92 Å². The van der Waals surface area contributed by atoms with E-state index in [0.717, 1.165) is 11.3 Å². The van der Waals surface area contributed by atoms with E-state index in [1.165, 1.54) is 6.92 Å². The molecule has 0 aromatic heterocycles. The Bertz CT molecular complexity index is 460. The molecular weight excluding hydrogens is 244 g/mol. The number of carbonyl (C=O) groups excluding carboxylic acids is 1. The van der Waals surface area contributed by atoms with Gasteiger partial charge in [0, 0.05) is 25.2 Å². The van der Waals surface area contributed by atoms with Gasteiger partial charge in [-0.2, -0.15) is 0 Å². The summed E-state index contributed by atoms with van der Waals surface area (Å²) < 4.78 is 0. The second-order valence-electron chi connectivity index (χ2n) is 4.68. The first-order valence-electron chi connectivity index (χ1n) is 6.24. The highest BCUT2D eigenvalue weighted by Gasteiger charge is 2.13. The number of benzene rings is 1. The van der Waals surface area contributed by atoms with Crippen LogP contribution in [0.4, 0.5) is 5.69 Å². The average molecular weight is 264 g/mol. The molecule has 3 N–H and O–H groups in total. The Balaban J connectivity index is 2.63. The number of carbonyl (C=O) groups is 2. The SMILES string of the molecule is CC(=O)Nc1cccc(C(C)NCC(C)C(=O)O)c1. The standard InChI is InChI=1S/C14H20N2O3/c1-9(14(18)19)8-15-10(2)12-5-4-6-13(7-12)16-11(3)17/h4-7,9-10,15H,8H2,1-3H3,(H,16,17)(H,18,19). The van der Waals surface area contributed by atoms with Crippen molar-refractivity contribution in [3.05, 3.63) is 29.8 Å². The summed E-state index contributed by atoms with van der Waals surface area (Å²) in [6, 6.07) is 7.52. The van der Waals surface area contributed by atoms with E-state index in [0.29, 0.717) is 6.54 Å². The van der Waals surface area contributed by atoms with Crippen molar-refractivity contribution in [1.29, 1.82) is 0 Å². The van der Waals surface area contributed by atoms with Crippen LogP contribution in [0, 0.1) is 5.92 Å². The van der Waals surface area contributed by atoms with Gasteiger partial charge in [0.15, 0.2) is 0 Å². The van der Waals surface area contributed by atoms with Gasteiger partial charge in [-0.1, -0.05) is 19.1 Å². The molecule has 0 heterocycles. The highest BCUT2D eigenvalue weighted by atomic mass is 16.4. The van der Waals surface area contributed by atoms with Crippen LogP contribution in [-0.4, -0.2) is 23.5 Å². The zero-order valence-corrected chi connectivity index (χ0v) is 11.4. The predicted molar refractivity (Wildman–Crippen MR) is 74.0 cm³/mol. The van der Waals surface area contributed by atoms with E-state index in [1.807, 2.05) is 31.2 Å². The molecule has 5 nitrogen and oxygen atoms in total. The first kappa shape index (κ1) is 15.2. The fraction of sp³-hybridized carbons (Fsp3) is 0.429. The van der Waals surface area contributed by atoms with Crippen LogP contribution in [-0.2, 0) is 9.59 Å². The molecule has 0 saturated heterocycles. The summed E-state index contributed by atoms with van der Waals surface area (Å²) in [5, 5.41) is 14.7. The number of nitrogens with one attached hydrogen (secondary N) is 2. The molecule has 1 aromatic carbocycles. The van der Waals surface area contributed by atoms with Gasteiger partial charge >= 0.3 is 5.97 Å². The average Bonchev–Trinajstić information content (AvgIpc) is 2.34. The maximum Gasteiger partial charge on any atom is 0.307 e. The van der Waals surface area contributed by atoms with E-state index in [2.05, 4.69) is 10.6 Å². The normalized spacial score (nSPS) is 13.6. The third kappa shape index (κ3) is 5.09. The summed E-state index contributed by atoms with van der Waals surface area (Å²) >= 11 is 0. The minimum absolute atomic E-state index is 0.0236. The number of anilines is 1. The quantitative estimate of drug-likeness (QED) is 0.734. The molecule has 1 aromatic rings. The molecule has 0 spiro atoms. The fourth-order valence-electron chi connectivity index (χ4n) is 1.65. The van der Waals surface area contributed by atoms with Crippen molar-refractivity contribution in [2.24, 2.45) is 5.92 Å². The Kier molecular flexibility index (Phi) is 5.51. The van der Waals surface area contributed by atoms with Crippen LogP contribution in [0.1, 0.15) is 32.4 Å². The van der Waals surface area contributed by atoms with Crippen LogP contribution >= 0.6 is 0 Å². The number of aliphatic carboxylic acids is 1. The number of hydrogen-bond donors (Lipinski definition) is 3. The van der Waals surface area contributed by atoms with Crippen molar-refractivity contribution < 1.29 is 14.7 Å². The highest BCUT2D eigenvalue weighted by molar-refractivity contribution is 5.88. The lowest BCUT2D eigenvalue weighted by molar-refractivity contribution is -0.141. The topological polar surface area (TPSA) is 78.4 Å². The summed E-state index contributed by atoms with van der Waals surface area (Å²) in [7, 11) is 0. The van der Waals surface area contributed by atoms with E-state index in [-0.39, 0.29) is 11.9 Å². The van der Waals surface area contributed by atoms with Crippen molar-refractivity contribution in [1.82, 2.24) is 5.32 Å². The number of amides is 1. The van der Waals surface area contributed by atoms with Gasteiger partial charge in [-0.25, -0.2) is 0 Å². The lowest BCUT2D eigenvalue weighted by atomic mass is 10.1. The van der Waals surface area contributed by atoms with Crippen LogP contribution < -0.4 is 10.6 Å². The van der Waals surface area contributed by atoms with E-state index < -0.39 is 11.9 Å². The Hall–Kier alpha value is -1.88. The third-order valence-electron chi connectivity index (χ3n) is 2.86. The number of rotatable bonds is 6. The molecule has 0 aliphatic heterocycles. The van der Waals surface area contributed by atoms with Gasteiger partial charge in [-0.3, -0.25) is 9.59 Å². The first-order valence-corrected chi connectivity index (χ1v) is 6.24. The van der Waals surface area contributed by atoms with E-state index >= 15 is 0 Å². The first-order chi connectivity index (χ1) is 8.90. The molecule has 2 atom stereocenters. The highest BCUT2D eigenvalue weighted by Crippen LogP contribution is 2.17. The second-order valence-corrected chi connectivity index (χ2v) is 4.68. The molecule has 0 fully saturated rings. The van der Waals surface area contributed by atoms with Crippen LogP contribution in [0.2, 0.25) is 0 Å². The summed E-state index contributed by atoms with van der Waals surface area (Å²) in [4.78, 5) is 21.7. The maximum absolute atomic E-state index is 11.0. The van der Waals surface area contributed by atoms with Gasteiger partial charge in [-0.15, -0.1) is 0 Å². The number of hydrogen-bond acceptors (Lipinski definition) is 3. The van der Waals surface area contributed by atoms with Crippen molar-refractivity contribution in [2.45, 2.75) is 26.8 Å². The molecule has 5 heteroatoms. The smallest absolute Gasteiger partial charge is 0.307 e. The largest absolute Gasteiger partial charge is 0.481 e. The van der Waals surface area contributed by atoms with E-state index in [4.69, 9.17) is 5.11 Å². The van der Waals surface area contributed by atoms with Gasteiger partial charge in [0.05, 0.1) is 5.92 Å².